The Bertz CT molecular complexity index is 1100. The highest BCUT2D eigenvalue weighted by Crippen LogP contribution is 2.52. The maximum atomic E-state index is 12.8. The molecule has 0 spiro atoms. The number of imide groups is 1. The molecule has 2 fully saturated rings. The quantitative estimate of drug-likeness (QED) is 0.440. The molecule has 5 rings (SSSR count). The van der Waals surface area contributed by atoms with Crippen molar-refractivity contribution in [2.75, 3.05) is 0 Å². The van der Waals surface area contributed by atoms with Crippen molar-refractivity contribution in [1.29, 1.82) is 5.26 Å². The molecule has 1 saturated heterocycles. The molecule has 1 saturated carbocycles. The van der Waals surface area contributed by atoms with Crippen LogP contribution in [0.15, 0.2) is 65.8 Å². The fourth-order valence-corrected chi connectivity index (χ4v) is 4.75. The van der Waals surface area contributed by atoms with Gasteiger partial charge >= 0.3 is 0 Å². The van der Waals surface area contributed by atoms with E-state index in [1.165, 1.54) is 6.21 Å². The standard InChI is InChI=1S/C24H19N3O3/c25-12-17-5-1-2-7-19(17)14-30-20-8-4-3-6-18(20)13-26-27-23(28)21-15-9-10-16(11-15)22(21)24(27)29/h1-10,13,15-16,21-22H,11,14H2/t15-,16-,21-,22+/m0/s1. The summed E-state index contributed by atoms with van der Waals surface area (Å²) in [5.41, 5.74) is 2.00. The molecule has 4 atom stereocenters. The Kier molecular flexibility index (Phi) is 4.44. The topological polar surface area (TPSA) is 82.8 Å². The summed E-state index contributed by atoms with van der Waals surface area (Å²) in [5, 5.41) is 14.5. The van der Waals surface area contributed by atoms with Crippen LogP contribution >= 0.6 is 0 Å². The first-order valence-corrected chi connectivity index (χ1v) is 9.97. The van der Waals surface area contributed by atoms with Crippen molar-refractivity contribution in [2.24, 2.45) is 28.8 Å². The first-order chi connectivity index (χ1) is 14.7. The molecule has 3 aliphatic rings. The van der Waals surface area contributed by atoms with E-state index in [1.54, 1.807) is 12.1 Å². The van der Waals surface area contributed by atoms with E-state index in [1.807, 2.05) is 36.4 Å². The van der Waals surface area contributed by atoms with Gasteiger partial charge in [0, 0.05) is 11.1 Å². The summed E-state index contributed by atoms with van der Waals surface area (Å²) in [6, 6.07) is 16.7. The summed E-state index contributed by atoms with van der Waals surface area (Å²) < 4.78 is 5.91. The maximum Gasteiger partial charge on any atom is 0.254 e. The first kappa shape index (κ1) is 18.3. The Morgan fingerprint density at radius 2 is 1.70 bits per heavy atom. The predicted molar refractivity (Wildman–Crippen MR) is 109 cm³/mol. The number of hydrazone groups is 1. The van der Waals surface area contributed by atoms with Gasteiger partial charge in [-0.05, 0) is 36.5 Å². The van der Waals surface area contributed by atoms with Crippen molar-refractivity contribution >= 4 is 18.0 Å². The van der Waals surface area contributed by atoms with Crippen LogP contribution in [0.3, 0.4) is 0 Å². The van der Waals surface area contributed by atoms with Crippen molar-refractivity contribution in [3.05, 3.63) is 77.4 Å². The molecule has 148 valence electrons. The minimum absolute atomic E-state index is 0.160. The normalized spacial score (nSPS) is 26.4. The SMILES string of the molecule is N#Cc1ccccc1COc1ccccc1C=NN1C(=O)[C@@H]2[C@H](C1=O)[C@H]1C=C[C@H]2C1. The van der Waals surface area contributed by atoms with Crippen molar-refractivity contribution in [2.45, 2.75) is 13.0 Å². The van der Waals surface area contributed by atoms with Gasteiger partial charge in [0.25, 0.3) is 11.8 Å². The van der Waals surface area contributed by atoms with Crippen LogP contribution in [0.1, 0.15) is 23.1 Å². The van der Waals surface area contributed by atoms with Gasteiger partial charge < -0.3 is 4.74 Å². The van der Waals surface area contributed by atoms with Crippen molar-refractivity contribution in [1.82, 2.24) is 5.01 Å². The number of carbonyl (C=O) groups is 2. The summed E-state index contributed by atoms with van der Waals surface area (Å²) >= 11 is 0. The van der Waals surface area contributed by atoms with Crippen LogP contribution in [0.5, 0.6) is 5.75 Å². The number of amides is 2. The first-order valence-electron chi connectivity index (χ1n) is 9.97. The number of benzene rings is 2. The molecule has 2 amide bonds. The average molecular weight is 397 g/mol. The second-order valence-electron chi connectivity index (χ2n) is 7.83. The van der Waals surface area contributed by atoms with E-state index in [0.717, 1.165) is 17.0 Å². The summed E-state index contributed by atoms with van der Waals surface area (Å²) in [6.07, 6.45) is 6.52. The van der Waals surface area contributed by atoms with Gasteiger partial charge in [0.05, 0.1) is 29.7 Å². The highest BCUT2D eigenvalue weighted by atomic mass is 16.5. The van der Waals surface area contributed by atoms with Gasteiger partial charge in [0.15, 0.2) is 0 Å². The van der Waals surface area contributed by atoms with Gasteiger partial charge in [-0.3, -0.25) is 9.59 Å². The van der Waals surface area contributed by atoms with Crippen molar-refractivity contribution < 1.29 is 14.3 Å². The van der Waals surface area contributed by atoms with Gasteiger partial charge in [0.1, 0.15) is 12.4 Å². The van der Waals surface area contributed by atoms with E-state index >= 15 is 0 Å². The minimum atomic E-state index is -0.265. The smallest absolute Gasteiger partial charge is 0.254 e. The van der Waals surface area contributed by atoms with Crippen LogP contribution in [-0.4, -0.2) is 23.0 Å². The van der Waals surface area contributed by atoms with Crippen LogP contribution in [-0.2, 0) is 16.2 Å². The Hall–Kier alpha value is -3.72. The molecule has 0 N–H and O–H groups in total. The number of carbonyl (C=O) groups excluding carboxylic acids is 2. The number of fused-ring (bicyclic) bond motifs is 5. The zero-order valence-electron chi connectivity index (χ0n) is 16.1. The molecular formula is C24H19N3O3. The third kappa shape index (κ3) is 2.91. The Labute approximate surface area is 174 Å². The monoisotopic (exact) mass is 397 g/mol. The number of para-hydroxylation sites is 1. The number of allylic oxidation sites excluding steroid dienone is 2. The van der Waals surface area contributed by atoms with E-state index in [0.29, 0.717) is 16.9 Å². The number of nitrogens with zero attached hydrogens (tertiary/aromatic N) is 3. The molecule has 2 aromatic rings. The van der Waals surface area contributed by atoms with Crippen LogP contribution in [0.2, 0.25) is 0 Å². The van der Waals surface area contributed by atoms with E-state index in [9.17, 15) is 14.9 Å². The number of rotatable bonds is 5. The number of ether oxygens (including phenoxy) is 1. The van der Waals surface area contributed by atoms with E-state index in [4.69, 9.17) is 4.74 Å². The molecule has 0 radical (unpaired) electrons. The molecule has 6 nitrogen and oxygen atoms in total. The number of hydrogen-bond donors (Lipinski definition) is 0. The molecule has 30 heavy (non-hydrogen) atoms. The van der Waals surface area contributed by atoms with Crippen LogP contribution in [0.4, 0.5) is 0 Å². The predicted octanol–water partition coefficient (Wildman–Crippen LogP) is 3.28. The molecule has 6 heteroatoms. The van der Waals surface area contributed by atoms with Crippen molar-refractivity contribution in [3.8, 4) is 11.8 Å². The van der Waals surface area contributed by atoms with Gasteiger partial charge in [-0.15, -0.1) is 0 Å². The molecule has 2 aromatic carbocycles. The zero-order valence-corrected chi connectivity index (χ0v) is 16.1. The number of nitriles is 1. The highest BCUT2D eigenvalue weighted by Gasteiger charge is 2.59. The lowest BCUT2D eigenvalue weighted by Crippen LogP contribution is -2.28. The summed E-state index contributed by atoms with van der Waals surface area (Å²) in [4.78, 5) is 25.5. The van der Waals surface area contributed by atoms with Crippen LogP contribution < -0.4 is 4.74 Å². The molecule has 1 heterocycles. The van der Waals surface area contributed by atoms with Gasteiger partial charge in [0.2, 0.25) is 0 Å². The minimum Gasteiger partial charge on any atom is -0.488 e. The Morgan fingerprint density at radius 1 is 1.03 bits per heavy atom. The van der Waals surface area contributed by atoms with Crippen LogP contribution in [0.25, 0.3) is 0 Å². The molecule has 2 bridgehead atoms. The van der Waals surface area contributed by atoms with Gasteiger partial charge in [-0.1, -0.05) is 42.5 Å². The molecule has 0 unspecified atom stereocenters. The fraction of sp³-hybridized carbons (Fsp3) is 0.250. The third-order valence-corrected chi connectivity index (χ3v) is 6.20. The molecule has 1 aliphatic heterocycles. The number of hydrogen-bond acceptors (Lipinski definition) is 5. The second-order valence-corrected chi connectivity index (χ2v) is 7.83. The Balaban J connectivity index is 1.34. The molecule has 2 aliphatic carbocycles. The lowest BCUT2D eigenvalue weighted by atomic mass is 9.85. The van der Waals surface area contributed by atoms with E-state index in [-0.39, 0.29) is 42.1 Å². The third-order valence-electron chi connectivity index (χ3n) is 6.20. The highest BCUT2D eigenvalue weighted by molar-refractivity contribution is 6.06. The van der Waals surface area contributed by atoms with Crippen LogP contribution in [0, 0.1) is 35.0 Å². The fourth-order valence-electron chi connectivity index (χ4n) is 4.75. The molecular weight excluding hydrogens is 378 g/mol. The summed E-state index contributed by atoms with van der Waals surface area (Å²) in [7, 11) is 0. The zero-order chi connectivity index (χ0) is 20.7. The summed E-state index contributed by atoms with van der Waals surface area (Å²) in [6.45, 7) is 0.231. The second kappa shape index (κ2) is 7.27. The van der Waals surface area contributed by atoms with Crippen molar-refractivity contribution in [3.63, 3.8) is 0 Å². The van der Waals surface area contributed by atoms with E-state index in [2.05, 4.69) is 23.3 Å². The summed E-state index contributed by atoms with van der Waals surface area (Å²) in [5.74, 6) is -0.0638. The largest absolute Gasteiger partial charge is 0.488 e. The van der Waals surface area contributed by atoms with E-state index < -0.39 is 0 Å². The Morgan fingerprint density at radius 3 is 2.43 bits per heavy atom. The lowest BCUT2D eigenvalue weighted by Gasteiger charge is -2.13. The van der Waals surface area contributed by atoms with Gasteiger partial charge in [-0.25, -0.2) is 0 Å². The lowest BCUT2D eigenvalue weighted by molar-refractivity contribution is -0.140. The maximum absolute atomic E-state index is 12.8. The average Bonchev–Trinajstić information content (AvgIpc) is 3.46. The van der Waals surface area contributed by atoms with Gasteiger partial charge in [-0.2, -0.15) is 15.4 Å². The molecule has 0 aromatic heterocycles.